The zero-order valence-corrected chi connectivity index (χ0v) is 23.5. The molecule has 2 aromatic heterocycles. The molecule has 8 nitrogen and oxygen atoms in total. The summed E-state index contributed by atoms with van der Waals surface area (Å²) in [5.74, 6) is 1.48. The third kappa shape index (κ3) is 5.40. The molecule has 0 N–H and O–H groups in total. The number of hydrogen-bond acceptors (Lipinski definition) is 6. The molecule has 2 heterocycles. The lowest BCUT2D eigenvalue weighted by Gasteiger charge is -2.28. The van der Waals surface area contributed by atoms with Gasteiger partial charge in [0.05, 0.1) is 36.0 Å². The molecule has 2 aliphatic carbocycles. The minimum atomic E-state index is -0.346. The topological polar surface area (TPSA) is 84.1 Å². The Balaban J connectivity index is 1.29. The minimum Gasteiger partial charge on any atom is -0.490 e. The SMILES string of the molecule is CCOC(=O)c1cnn(-c2cccc(-c3cccc(OC(C)C4CCCCC4)c3)c2)c1[C@@H]1C[C@H]1c1cn(C)nn1. The maximum Gasteiger partial charge on any atom is 0.341 e. The average molecular weight is 540 g/mol. The second-order valence-corrected chi connectivity index (χ2v) is 11.1. The van der Waals surface area contributed by atoms with Crippen molar-refractivity contribution in [3.05, 3.63) is 77.9 Å². The van der Waals surface area contributed by atoms with Crippen LogP contribution in [0.5, 0.6) is 5.75 Å². The van der Waals surface area contributed by atoms with Crippen LogP contribution in [0.4, 0.5) is 0 Å². The van der Waals surface area contributed by atoms with Crippen LogP contribution in [0.15, 0.2) is 60.9 Å². The Hall–Kier alpha value is -3.94. The quantitative estimate of drug-likeness (QED) is 0.227. The first-order valence-corrected chi connectivity index (χ1v) is 14.5. The maximum absolute atomic E-state index is 12.9. The van der Waals surface area contributed by atoms with E-state index < -0.39 is 0 Å². The molecular weight excluding hydrogens is 502 g/mol. The first-order chi connectivity index (χ1) is 19.5. The van der Waals surface area contributed by atoms with Crippen molar-refractivity contribution in [1.82, 2.24) is 24.8 Å². The Morgan fingerprint density at radius 1 is 1.05 bits per heavy atom. The van der Waals surface area contributed by atoms with Crippen molar-refractivity contribution < 1.29 is 14.3 Å². The van der Waals surface area contributed by atoms with Crippen LogP contribution in [0.2, 0.25) is 0 Å². The van der Waals surface area contributed by atoms with Gasteiger partial charge in [0.1, 0.15) is 11.3 Å². The molecule has 40 heavy (non-hydrogen) atoms. The molecule has 3 atom stereocenters. The average Bonchev–Trinajstić information content (AvgIpc) is 3.43. The number of ether oxygens (including phenoxy) is 2. The molecule has 0 radical (unpaired) electrons. The number of hydrogen-bond donors (Lipinski definition) is 0. The van der Waals surface area contributed by atoms with Crippen molar-refractivity contribution in [3.8, 4) is 22.6 Å². The molecule has 0 saturated heterocycles. The minimum absolute atomic E-state index is 0.111. The Labute approximate surface area is 235 Å². The van der Waals surface area contributed by atoms with Gasteiger partial charge in [-0.2, -0.15) is 5.10 Å². The predicted molar refractivity (Wildman–Crippen MR) is 153 cm³/mol. The van der Waals surface area contributed by atoms with Crippen molar-refractivity contribution in [2.75, 3.05) is 6.61 Å². The molecule has 2 aromatic carbocycles. The van der Waals surface area contributed by atoms with Crippen LogP contribution in [0.3, 0.4) is 0 Å². The van der Waals surface area contributed by atoms with E-state index in [-0.39, 0.29) is 23.9 Å². The van der Waals surface area contributed by atoms with Crippen LogP contribution in [0, 0.1) is 5.92 Å². The van der Waals surface area contributed by atoms with Gasteiger partial charge >= 0.3 is 5.97 Å². The van der Waals surface area contributed by atoms with Crippen LogP contribution < -0.4 is 4.74 Å². The van der Waals surface area contributed by atoms with E-state index in [0.717, 1.165) is 40.4 Å². The van der Waals surface area contributed by atoms with E-state index >= 15 is 0 Å². The molecule has 8 heteroatoms. The van der Waals surface area contributed by atoms with Crippen LogP contribution in [-0.2, 0) is 11.8 Å². The zero-order chi connectivity index (χ0) is 27.6. The fourth-order valence-electron chi connectivity index (χ4n) is 6.13. The molecule has 0 amide bonds. The second-order valence-electron chi connectivity index (χ2n) is 11.1. The lowest BCUT2D eigenvalue weighted by molar-refractivity contribution is 0.0525. The van der Waals surface area contributed by atoms with Gasteiger partial charge in [0, 0.05) is 25.1 Å². The third-order valence-electron chi connectivity index (χ3n) is 8.34. The van der Waals surface area contributed by atoms with E-state index in [0.29, 0.717) is 18.1 Å². The van der Waals surface area contributed by atoms with Crippen molar-refractivity contribution in [2.24, 2.45) is 13.0 Å². The molecule has 1 unspecified atom stereocenters. The highest BCUT2D eigenvalue weighted by molar-refractivity contribution is 5.91. The summed E-state index contributed by atoms with van der Waals surface area (Å²) in [5, 5.41) is 13.1. The van der Waals surface area contributed by atoms with Gasteiger partial charge in [-0.1, -0.05) is 48.7 Å². The van der Waals surface area contributed by atoms with Gasteiger partial charge in [-0.15, -0.1) is 5.10 Å². The van der Waals surface area contributed by atoms with Crippen molar-refractivity contribution in [1.29, 1.82) is 0 Å². The predicted octanol–water partition coefficient (Wildman–Crippen LogP) is 6.46. The van der Waals surface area contributed by atoms with E-state index in [1.807, 2.05) is 43.0 Å². The smallest absolute Gasteiger partial charge is 0.341 e. The number of nitrogens with zero attached hydrogens (tertiary/aromatic N) is 5. The summed E-state index contributed by atoms with van der Waals surface area (Å²) in [6, 6.07) is 16.6. The molecule has 6 rings (SSSR count). The molecule has 4 aromatic rings. The summed E-state index contributed by atoms with van der Waals surface area (Å²) >= 11 is 0. The molecule has 0 spiro atoms. The van der Waals surface area contributed by atoms with Gasteiger partial charge < -0.3 is 9.47 Å². The van der Waals surface area contributed by atoms with E-state index in [9.17, 15) is 4.79 Å². The van der Waals surface area contributed by atoms with Gasteiger partial charge in [0.15, 0.2) is 0 Å². The fourth-order valence-corrected chi connectivity index (χ4v) is 6.13. The van der Waals surface area contributed by atoms with E-state index in [1.165, 1.54) is 32.1 Å². The molecule has 0 bridgehead atoms. The first-order valence-electron chi connectivity index (χ1n) is 14.5. The summed E-state index contributed by atoms with van der Waals surface area (Å²) in [6.07, 6.45) is 11.1. The summed E-state index contributed by atoms with van der Waals surface area (Å²) in [6.45, 7) is 4.34. The highest BCUT2D eigenvalue weighted by atomic mass is 16.5. The highest BCUT2D eigenvalue weighted by Gasteiger charge is 2.46. The molecule has 208 valence electrons. The summed E-state index contributed by atoms with van der Waals surface area (Å²) < 4.78 is 15.4. The zero-order valence-electron chi connectivity index (χ0n) is 23.5. The number of carbonyl (C=O) groups excluding carboxylic acids is 1. The normalized spacial score (nSPS) is 19.8. The second kappa shape index (κ2) is 11.3. The van der Waals surface area contributed by atoms with Gasteiger partial charge in [0.25, 0.3) is 0 Å². The van der Waals surface area contributed by atoms with Crippen LogP contribution in [-0.4, -0.2) is 43.5 Å². The van der Waals surface area contributed by atoms with Gasteiger partial charge in [-0.05, 0) is 74.4 Å². The van der Waals surface area contributed by atoms with E-state index in [4.69, 9.17) is 9.47 Å². The molecule has 2 fully saturated rings. The lowest BCUT2D eigenvalue weighted by atomic mass is 9.86. The van der Waals surface area contributed by atoms with Crippen molar-refractivity contribution >= 4 is 5.97 Å². The van der Waals surface area contributed by atoms with Gasteiger partial charge in [-0.3, -0.25) is 4.68 Å². The highest BCUT2D eigenvalue weighted by Crippen LogP contribution is 2.55. The van der Waals surface area contributed by atoms with Crippen molar-refractivity contribution in [2.45, 2.75) is 70.3 Å². The third-order valence-corrected chi connectivity index (χ3v) is 8.34. The number of aryl methyl sites for hydroxylation is 1. The first kappa shape index (κ1) is 26.3. The summed E-state index contributed by atoms with van der Waals surface area (Å²) in [5.41, 5.74) is 5.35. The Morgan fingerprint density at radius 3 is 2.58 bits per heavy atom. The van der Waals surface area contributed by atoms with Crippen molar-refractivity contribution in [3.63, 3.8) is 0 Å². The number of rotatable bonds is 9. The molecular formula is C32H37N5O3. The van der Waals surface area contributed by atoms with E-state index in [1.54, 1.807) is 10.9 Å². The largest absolute Gasteiger partial charge is 0.490 e. The maximum atomic E-state index is 12.9. The summed E-state index contributed by atoms with van der Waals surface area (Å²) in [4.78, 5) is 12.9. The standard InChI is InChI=1S/C32H37N5O3/c1-4-39-32(38)29-19-33-37(31(29)28-18-27(28)30-20-36(3)35-34-30)25-14-8-12-23(16-25)24-13-9-15-26(17-24)40-21(2)22-10-6-5-7-11-22/h8-9,12-17,19-22,27-28H,4-7,10-11,18H2,1-3H3/t21?,27-,28-/m1/s1. The van der Waals surface area contributed by atoms with Gasteiger partial charge in [-0.25, -0.2) is 9.48 Å². The molecule has 2 aliphatic rings. The van der Waals surface area contributed by atoms with Crippen LogP contribution in [0.1, 0.15) is 86.0 Å². The number of benzene rings is 2. The monoisotopic (exact) mass is 539 g/mol. The number of aromatic nitrogens is 5. The Bertz CT molecular complexity index is 1490. The number of carbonyl (C=O) groups is 1. The molecule has 2 saturated carbocycles. The van der Waals surface area contributed by atoms with Crippen LogP contribution in [0.25, 0.3) is 16.8 Å². The van der Waals surface area contributed by atoms with E-state index in [2.05, 4.69) is 52.7 Å². The lowest BCUT2D eigenvalue weighted by Crippen LogP contribution is -2.25. The molecule has 0 aliphatic heterocycles. The van der Waals surface area contributed by atoms with Gasteiger partial charge in [0.2, 0.25) is 0 Å². The fraction of sp³-hybridized carbons (Fsp3) is 0.438. The Kier molecular flexibility index (Phi) is 7.41. The number of esters is 1. The Morgan fingerprint density at radius 2 is 1.82 bits per heavy atom. The van der Waals surface area contributed by atoms with Crippen LogP contribution >= 0.6 is 0 Å². The summed E-state index contributed by atoms with van der Waals surface area (Å²) in [7, 11) is 1.87.